The van der Waals surface area contributed by atoms with Crippen LogP contribution in [0.5, 0.6) is 0 Å². The molecule has 5 nitrogen and oxygen atoms in total. The van der Waals surface area contributed by atoms with Crippen LogP contribution in [0, 0.1) is 0 Å². The lowest BCUT2D eigenvalue weighted by atomic mass is 10.1. The number of hydrogen-bond donors (Lipinski definition) is 0. The molecule has 20 heavy (non-hydrogen) atoms. The standard InChI is InChI=1S/C15H16N2O3/c1-17(2)10-9-12-13(15(18)19-3)14(16-20-12)11-7-5-4-6-8-11/h4-10H,1-3H3. The lowest BCUT2D eigenvalue weighted by Crippen LogP contribution is -2.04. The largest absolute Gasteiger partial charge is 0.465 e. The minimum absolute atomic E-state index is 0.330. The van der Waals surface area contributed by atoms with Crippen LogP contribution in [0.1, 0.15) is 16.1 Å². The molecule has 0 amide bonds. The number of nitrogens with zero attached hydrogens (tertiary/aromatic N) is 2. The van der Waals surface area contributed by atoms with E-state index in [-0.39, 0.29) is 0 Å². The Labute approximate surface area is 117 Å². The predicted molar refractivity (Wildman–Crippen MR) is 76.0 cm³/mol. The summed E-state index contributed by atoms with van der Waals surface area (Å²) in [6.45, 7) is 0. The van der Waals surface area contributed by atoms with Crippen molar-refractivity contribution in [3.05, 3.63) is 47.9 Å². The van der Waals surface area contributed by atoms with E-state index in [2.05, 4.69) is 5.16 Å². The third-order valence-corrected chi connectivity index (χ3v) is 2.68. The number of esters is 1. The van der Waals surface area contributed by atoms with Crippen LogP contribution in [0.3, 0.4) is 0 Å². The molecule has 1 aromatic carbocycles. The van der Waals surface area contributed by atoms with Gasteiger partial charge in [0, 0.05) is 31.9 Å². The molecule has 0 saturated carbocycles. The Balaban J connectivity index is 2.51. The van der Waals surface area contributed by atoms with Crippen LogP contribution in [0.15, 0.2) is 41.1 Å². The van der Waals surface area contributed by atoms with Crippen LogP contribution in [-0.2, 0) is 4.74 Å². The second kappa shape index (κ2) is 6.06. The average Bonchev–Trinajstić information content (AvgIpc) is 2.89. The molecular formula is C15H16N2O3. The molecule has 104 valence electrons. The molecule has 0 spiro atoms. The Kier molecular flexibility index (Phi) is 4.20. The number of aromatic nitrogens is 1. The molecule has 1 heterocycles. The van der Waals surface area contributed by atoms with Crippen molar-refractivity contribution < 1.29 is 14.1 Å². The Morgan fingerprint density at radius 3 is 2.60 bits per heavy atom. The van der Waals surface area contributed by atoms with Crippen molar-refractivity contribution in [3.63, 3.8) is 0 Å². The Hall–Kier alpha value is -2.56. The van der Waals surface area contributed by atoms with Crippen molar-refractivity contribution in [2.45, 2.75) is 0 Å². The minimum Gasteiger partial charge on any atom is -0.465 e. The molecule has 1 aromatic heterocycles. The Morgan fingerprint density at radius 1 is 1.30 bits per heavy atom. The lowest BCUT2D eigenvalue weighted by molar-refractivity contribution is 0.0600. The van der Waals surface area contributed by atoms with E-state index in [1.54, 1.807) is 12.3 Å². The molecule has 0 unspecified atom stereocenters. The van der Waals surface area contributed by atoms with E-state index in [9.17, 15) is 4.79 Å². The topological polar surface area (TPSA) is 55.6 Å². The fourth-order valence-electron chi connectivity index (χ4n) is 1.73. The maximum absolute atomic E-state index is 12.0. The van der Waals surface area contributed by atoms with Crippen LogP contribution in [0.25, 0.3) is 17.3 Å². The summed E-state index contributed by atoms with van der Waals surface area (Å²) in [6.07, 6.45) is 3.47. The first-order chi connectivity index (χ1) is 9.63. The van der Waals surface area contributed by atoms with E-state index in [0.717, 1.165) is 5.56 Å². The normalized spacial score (nSPS) is 10.8. The van der Waals surface area contributed by atoms with Gasteiger partial charge in [-0.3, -0.25) is 0 Å². The van der Waals surface area contributed by atoms with Gasteiger partial charge < -0.3 is 14.2 Å². The first-order valence-electron chi connectivity index (χ1n) is 6.11. The maximum Gasteiger partial charge on any atom is 0.344 e. The van der Waals surface area contributed by atoms with Gasteiger partial charge in [-0.25, -0.2) is 4.79 Å². The average molecular weight is 272 g/mol. The SMILES string of the molecule is COC(=O)c1c(-c2ccccc2)noc1C=CN(C)C. The second-order valence-electron chi connectivity index (χ2n) is 4.41. The first kappa shape index (κ1) is 13.9. The van der Waals surface area contributed by atoms with Gasteiger partial charge in [-0.05, 0) is 0 Å². The molecule has 0 saturated heterocycles. The quantitative estimate of drug-likeness (QED) is 0.801. The highest BCUT2D eigenvalue weighted by Crippen LogP contribution is 2.26. The molecule has 0 atom stereocenters. The molecule has 0 aliphatic heterocycles. The van der Waals surface area contributed by atoms with Gasteiger partial charge in [0.05, 0.1) is 7.11 Å². The zero-order valence-electron chi connectivity index (χ0n) is 11.7. The summed E-state index contributed by atoms with van der Waals surface area (Å²) in [7, 11) is 5.09. The van der Waals surface area contributed by atoms with Gasteiger partial charge >= 0.3 is 5.97 Å². The Bertz CT molecular complexity index is 615. The van der Waals surface area contributed by atoms with Crippen molar-refractivity contribution in [2.75, 3.05) is 21.2 Å². The monoisotopic (exact) mass is 272 g/mol. The van der Waals surface area contributed by atoms with Gasteiger partial charge in [-0.15, -0.1) is 0 Å². The molecular weight excluding hydrogens is 256 g/mol. The molecule has 0 fully saturated rings. The van der Waals surface area contributed by atoms with E-state index in [0.29, 0.717) is 17.0 Å². The number of methoxy groups -OCH3 is 1. The van der Waals surface area contributed by atoms with E-state index in [4.69, 9.17) is 9.26 Å². The maximum atomic E-state index is 12.0. The molecule has 0 radical (unpaired) electrons. The van der Waals surface area contributed by atoms with Gasteiger partial charge in [0.1, 0.15) is 11.3 Å². The third-order valence-electron chi connectivity index (χ3n) is 2.68. The van der Waals surface area contributed by atoms with Gasteiger partial charge in [0.25, 0.3) is 0 Å². The van der Waals surface area contributed by atoms with Crippen molar-refractivity contribution in [1.29, 1.82) is 0 Å². The van der Waals surface area contributed by atoms with Gasteiger partial charge in [0.2, 0.25) is 0 Å². The molecule has 2 rings (SSSR count). The summed E-state index contributed by atoms with van der Waals surface area (Å²) < 4.78 is 10.1. The third kappa shape index (κ3) is 2.88. The summed E-state index contributed by atoms with van der Waals surface area (Å²) in [4.78, 5) is 13.8. The van der Waals surface area contributed by atoms with Crippen molar-refractivity contribution >= 4 is 12.0 Å². The summed E-state index contributed by atoms with van der Waals surface area (Å²) in [5, 5.41) is 3.99. The van der Waals surface area contributed by atoms with E-state index >= 15 is 0 Å². The highest BCUT2D eigenvalue weighted by atomic mass is 16.5. The molecule has 2 aromatic rings. The van der Waals surface area contributed by atoms with Crippen LogP contribution < -0.4 is 0 Å². The van der Waals surface area contributed by atoms with Gasteiger partial charge in [-0.1, -0.05) is 35.5 Å². The van der Waals surface area contributed by atoms with Crippen molar-refractivity contribution in [3.8, 4) is 11.3 Å². The number of carbonyl (C=O) groups excluding carboxylic acids is 1. The predicted octanol–water partition coefficient (Wildman–Crippen LogP) is 2.66. The molecule has 0 bridgehead atoms. The zero-order chi connectivity index (χ0) is 14.5. The number of carbonyl (C=O) groups is 1. The highest BCUT2D eigenvalue weighted by Gasteiger charge is 2.23. The Morgan fingerprint density at radius 2 is 2.00 bits per heavy atom. The van der Waals surface area contributed by atoms with Crippen LogP contribution >= 0.6 is 0 Å². The lowest BCUT2D eigenvalue weighted by Gasteiger charge is -2.03. The van der Waals surface area contributed by atoms with Crippen LogP contribution in [-0.4, -0.2) is 37.2 Å². The number of benzene rings is 1. The second-order valence-corrected chi connectivity index (χ2v) is 4.41. The van der Waals surface area contributed by atoms with Crippen molar-refractivity contribution in [2.24, 2.45) is 0 Å². The fourth-order valence-corrected chi connectivity index (χ4v) is 1.73. The molecule has 5 heteroatoms. The fraction of sp³-hybridized carbons (Fsp3) is 0.200. The molecule has 0 aliphatic carbocycles. The molecule has 0 aliphatic rings. The number of hydrogen-bond acceptors (Lipinski definition) is 5. The summed E-state index contributed by atoms with van der Waals surface area (Å²) in [6, 6.07) is 9.38. The van der Waals surface area contributed by atoms with E-state index in [1.807, 2.05) is 49.3 Å². The van der Waals surface area contributed by atoms with Gasteiger partial charge in [0.15, 0.2) is 5.76 Å². The summed E-state index contributed by atoms with van der Waals surface area (Å²) in [5.74, 6) is -0.0899. The van der Waals surface area contributed by atoms with Gasteiger partial charge in [-0.2, -0.15) is 0 Å². The van der Waals surface area contributed by atoms with Crippen LogP contribution in [0.4, 0.5) is 0 Å². The van der Waals surface area contributed by atoms with E-state index < -0.39 is 5.97 Å². The summed E-state index contributed by atoms with van der Waals surface area (Å²) >= 11 is 0. The van der Waals surface area contributed by atoms with Crippen LogP contribution in [0.2, 0.25) is 0 Å². The summed E-state index contributed by atoms with van der Waals surface area (Å²) in [5.41, 5.74) is 1.62. The molecule has 0 N–H and O–H groups in total. The minimum atomic E-state index is -0.469. The highest BCUT2D eigenvalue weighted by molar-refractivity contribution is 5.98. The zero-order valence-corrected chi connectivity index (χ0v) is 11.7. The first-order valence-corrected chi connectivity index (χ1v) is 6.11. The number of ether oxygens (including phenoxy) is 1. The van der Waals surface area contributed by atoms with Crippen molar-refractivity contribution in [1.82, 2.24) is 10.1 Å². The van der Waals surface area contributed by atoms with E-state index in [1.165, 1.54) is 7.11 Å². The smallest absolute Gasteiger partial charge is 0.344 e. The number of rotatable bonds is 4.